The third-order valence-corrected chi connectivity index (χ3v) is 5.33. The first-order chi connectivity index (χ1) is 13.0. The van der Waals surface area contributed by atoms with Crippen molar-refractivity contribution in [3.8, 4) is 11.1 Å². The van der Waals surface area contributed by atoms with Crippen LogP contribution in [0.4, 0.5) is 0 Å². The molecule has 0 heterocycles. The van der Waals surface area contributed by atoms with Crippen molar-refractivity contribution in [1.29, 1.82) is 0 Å². The van der Waals surface area contributed by atoms with Gasteiger partial charge in [-0.1, -0.05) is 74.2 Å². The number of aryl methyl sites for hydroxylation is 1. The summed E-state index contributed by atoms with van der Waals surface area (Å²) < 4.78 is 0. The first-order valence-corrected chi connectivity index (χ1v) is 13.4. The first-order valence-electron chi connectivity index (χ1n) is 9.22. The number of allylic oxidation sites excluding steroid dienone is 4. The minimum atomic E-state index is 0. The second-order valence-corrected chi connectivity index (χ2v) is 6.95. The van der Waals surface area contributed by atoms with Crippen molar-refractivity contribution >= 4 is 42.5 Å². The summed E-state index contributed by atoms with van der Waals surface area (Å²) in [6.45, 7) is 13.9. The maximum absolute atomic E-state index is 3.36. The van der Waals surface area contributed by atoms with Crippen molar-refractivity contribution in [3.63, 3.8) is 0 Å². The Morgan fingerprint density at radius 3 is 1.90 bits per heavy atom. The molecule has 0 saturated carbocycles. The van der Waals surface area contributed by atoms with Crippen LogP contribution >= 0.6 is 24.8 Å². The molecule has 1 unspecified atom stereocenters. The molecule has 1 aliphatic carbocycles. The van der Waals surface area contributed by atoms with Crippen molar-refractivity contribution in [2.24, 2.45) is 5.92 Å². The van der Waals surface area contributed by atoms with Crippen molar-refractivity contribution in [2.45, 2.75) is 34.6 Å². The molecule has 4 rings (SSSR count). The molecule has 0 spiro atoms. The van der Waals surface area contributed by atoms with E-state index in [9.17, 15) is 0 Å². The van der Waals surface area contributed by atoms with E-state index in [-0.39, 0.29) is 39.7 Å². The second kappa shape index (κ2) is 16.8. The molecular weight excluding hydrogens is 515 g/mol. The molecule has 0 saturated heterocycles. The molecule has 0 aliphatic heterocycles. The first kappa shape index (κ1) is 34.8. The van der Waals surface area contributed by atoms with Gasteiger partial charge in [0, 0.05) is 0 Å². The topological polar surface area (TPSA) is 0 Å². The molecule has 0 bridgehead atoms. The van der Waals surface area contributed by atoms with Crippen LogP contribution in [0.1, 0.15) is 33.3 Å². The van der Waals surface area contributed by atoms with E-state index in [1.54, 1.807) is 0 Å². The van der Waals surface area contributed by atoms with Crippen LogP contribution in [0.15, 0.2) is 77.4 Å². The molecule has 3 aromatic rings. The monoisotopic (exact) mass is 546 g/mol. The minimum absolute atomic E-state index is 0. The zero-order chi connectivity index (χ0) is 20.0. The molecule has 168 valence electrons. The van der Waals surface area contributed by atoms with Gasteiger partial charge in [-0.15, -0.1) is 72.3 Å². The summed E-state index contributed by atoms with van der Waals surface area (Å²) in [7, 11) is 0. The summed E-state index contributed by atoms with van der Waals surface area (Å²) in [6, 6.07) is 21.5. The Morgan fingerprint density at radius 2 is 1.45 bits per heavy atom. The Balaban J connectivity index is -0.000000460. The third kappa shape index (κ3) is 8.58. The van der Waals surface area contributed by atoms with Crippen LogP contribution in [-0.2, 0) is 23.3 Å². The number of hydrogen-bond donors (Lipinski definition) is 0. The van der Waals surface area contributed by atoms with Crippen LogP contribution in [-0.4, -0.2) is 6.88 Å². The summed E-state index contributed by atoms with van der Waals surface area (Å²) >= 11 is 1.36. The molecule has 31 heavy (non-hydrogen) atoms. The van der Waals surface area contributed by atoms with Crippen LogP contribution in [0, 0.1) is 33.8 Å². The fourth-order valence-corrected chi connectivity index (χ4v) is 3.47. The quantitative estimate of drug-likeness (QED) is 0.211. The van der Waals surface area contributed by atoms with Gasteiger partial charge >= 0.3 is 30.2 Å². The van der Waals surface area contributed by atoms with E-state index < -0.39 is 0 Å². The SMILES string of the molecule is CC1=[C-]C(C)C(C)=C1C.Cc1cccc2[cH-]cc(-c3ccccc3)c12.Cl.Cl.[CH3-].[CH3-].[Si]=[Zr]. The molecule has 0 nitrogen and oxygen atoms in total. The summed E-state index contributed by atoms with van der Waals surface area (Å²) in [5.74, 6) is 0.560. The molecule has 4 heteroatoms. The molecular formula is C27H34Cl2SiZr-4. The summed E-state index contributed by atoms with van der Waals surface area (Å²) in [5, 5.41) is 2.72. The standard InChI is InChI=1S/C16H13.C9H13.2CH3.2ClH.Si.Zr/c1-12-6-5-9-14-10-11-15(16(12)14)13-7-3-2-4-8-13;1-6-5-7(2)9(4)8(6)3;;;;;;/h2-11H,1H3;6H,1-4H3;2*1H3;2*1H;;/q4*-1;;;;. The molecule has 1 aliphatic rings. The van der Waals surface area contributed by atoms with Gasteiger partial charge in [0.25, 0.3) is 0 Å². The number of halogens is 2. The van der Waals surface area contributed by atoms with Crippen molar-refractivity contribution in [2.75, 3.05) is 0 Å². The summed E-state index contributed by atoms with van der Waals surface area (Å²) in [5.41, 5.74) is 8.23. The second-order valence-electron chi connectivity index (χ2n) is 6.95. The molecule has 0 amide bonds. The van der Waals surface area contributed by atoms with E-state index in [1.807, 2.05) is 0 Å². The average molecular weight is 549 g/mol. The van der Waals surface area contributed by atoms with Gasteiger partial charge in [0.2, 0.25) is 0 Å². The van der Waals surface area contributed by atoms with Crippen molar-refractivity contribution in [3.05, 3.63) is 104 Å². The molecule has 2 radical (unpaired) electrons. The number of fused-ring (bicyclic) bond motifs is 1. The van der Waals surface area contributed by atoms with Gasteiger partial charge in [-0.05, 0) is 6.92 Å². The van der Waals surface area contributed by atoms with Gasteiger partial charge in [0.1, 0.15) is 0 Å². The Kier molecular flexibility index (Phi) is 18.9. The molecule has 0 N–H and O–H groups in total. The van der Waals surface area contributed by atoms with E-state index >= 15 is 0 Å². The molecule has 0 fully saturated rings. The Hall–Kier alpha value is -0.790. The number of hydrogen-bond acceptors (Lipinski definition) is 0. The molecule has 0 aromatic heterocycles. The third-order valence-electron chi connectivity index (χ3n) is 5.33. The number of benzene rings is 2. The van der Waals surface area contributed by atoms with Gasteiger partial charge in [-0.2, -0.15) is 11.1 Å². The molecule has 1 atom stereocenters. The van der Waals surface area contributed by atoms with Gasteiger partial charge < -0.3 is 14.9 Å². The number of rotatable bonds is 1. The van der Waals surface area contributed by atoms with Crippen LogP contribution in [0.3, 0.4) is 0 Å². The fourth-order valence-electron chi connectivity index (χ4n) is 3.47. The zero-order valence-electron chi connectivity index (χ0n) is 19.7. The zero-order valence-corrected chi connectivity index (χ0v) is 24.8. The van der Waals surface area contributed by atoms with Crippen LogP contribution in [0.25, 0.3) is 21.9 Å². The Labute approximate surface area is 220 Å². The van der Waals surface area contributed by atoms with E-state index in [0.717, 1.165) is 0 Å². The predicted molar refractivity (Wildman–Crippen MR) is 143 cm³/mol. The van der Waals surface area contributed by atoms with Crippen LogP contribution < -0.4 is 0 Å². The van der Waals surface area contributed by atoms with E-state index in [1.165, 1.54) is 67.5 Å². The van der Waals surface area contributed by atoms with Crippen molar-refractivity contribution in [1.82, 2.24) is 0 Å². The van der Waals surface area contributed by atoms with Gasteiger partial charge in [0.05, 0.1) is 0 Å². The molecule has 3 aromatic carbocycles. The van der Waals surface area contributed by atoms with Crippen LogP contribution in [0.2, 0.25) is 0 Å². The van der Waals surface area contributed by atoms with Crippen molar-refractivity contribution < 1.29 is 23.3 Å². The Morgan fingerprint density at radius 1 is 0.871 bits per heavy atom. The Bertz CT molecular complexity index is 971. The van der Waals surface area contributed by atoms with Gasteiger partial charge in [0.15, 0.2) is 0 Å². The normalized spacial score (nSPS) is 13.5. The van der Waals surface area contributed by atoms with Crippen LogP contribution in [0.5, 0.6) is 0 Å². The predicted octanol–water partition coefficient (Wildman–Crippen LogP) is 8.62. The average Bonchev–Trinajstić information content (AvgIpc) is 3.23. The van der Waals surface area contributed by atoms with E-state index in [0.29, 0.717) is 5.92 Å². The van der Waals surface area contributed by atoms with E-state index in [4.69, 9.17) is 0 Å². The van der Waals surface area contributed by atoms with Gasteiger partial charge in [-0.3, -0.25) is 6.08 Å². The summed E-state index contributed by atoms with van der Waals surface area (Å²) in [4.78, 5) is 0. The van der Waals surface area contributed by atoms with Gasteiger partial charge in [-0.25, -0.2) is 5.57 Å². The maximum atomic E-state index is 3.36. The fraction of sp³-hybridized carbons (Fsp3) is 0.222. The van der Waals surface area contributed by atoms with E-state index in [2.05, 4.69) is 108 Å². The summed E-state index contributed by atoms with van der Waals surface area (Å²) in [6.07, 6.45) is 3.36.